The fourth-order valence-corrected chi connectivity index (χ4v) is 2.50. The van der Waals surface area contributed by atoms with Gasteiger partial charge in [0.15, 0.2) is 5.78 Å². The van der Waals surface area contributed by atoms with Gasteiger partial charge in [-0.1, -0.05) is 6.07 Å². The summed E-state index contributed by atoms with van der Waals surface area (Å²) in [5, 5.41) is 12.5. The maximum absolute atomic E-state index is 12.5. The van der Waals surface area contributed by atoms with Crippen LogP contribution in [0.1, 0.15) is 47.6 Å². The first-order valence-electron chi connectivity index (χ1n) is 9.49. The van der Waals surface area contributed by atoms with E-state index in [4.69, 9.17) is 4.74 Å². The van der Waals surface area contributed by atoms with Crippen molar-refractivity contribution >= 4 is 11.7 Å². The number of aliphatic hydroxyl groups is 1. The number of carbonyl (C=O) groups is 2. The number of ketones is 1. The van der Waals surface area contributed by atoms with Gasteiger partial charge in [-0.05, 0) is 38.5 Å². The lowest BCUT2D eigenvalue weighted by Crippen LogP contribution is -2.33. The number of hydrogen-bond donors (Lipinski definition) is 2. The number of alkyl halides is 3. The van der Waals surface area contributed by atoms with Crippen LogP contribution in [0.2, 0.25) is 0 Å². The van der Waals surface area contributed by atoms with E-state index in [1.165, 1.54) is 32.2 Å². The molecule has 1 amide bonds. The van der Waals surface area contributed by atoms with E-state index in [9.17, 15) is 27.9 Å². The van der Waals surface area contributed by atoms with Crippen molar-refractivity contribution in [1.82, 2.24) is 15.3 Å². The molecule has 7 nitrogen and oxygen atoms in total. The van der Waals surface area contributed by atoms with Gasteiger partial charge in [0.05, 0.1) is 19.4 Å². The third kappa shape index (κ3) is 8.33. The maximum Gasteiger partial charge on any atom is 0.392 e. The molecule has 0 radical (unpaired) electrons. The Morgan fingerprint density at radius 1 is 1.19 bits per heavy atom. The largest absolute Gasteiger partial charge is 0.477 e. The molecule has 0 fully saturated rings. The smallest absolute Gasteiger partial charge is 0.392 e. The Morgan fingerprint density at radius 3 is 2.48 bits per heavy atom. The van der Waals surface area contributed by atoms with Crippen molar-refractivity contribution in [3.8, 4) is 5.88 Å². The summed E-state index contributed by atoms with van der Waals surface area (Å²) in [5.74, 6) is -0.751. The van der Waals surface area contributed by atoms with Crippen molar-refractivity contribution < 1.29 is 32.6 Å². The first kappa shape index (κ1) is 24.3. The van der Waals surface area contributed by atoms with Crippen LogP contribution in [0.15, 0.2) is 30.5 Å². The molecule has 2 rings (SSSR count). The summed E-state index contributed by atoms with van der Waals surface area (Å²) in [4.78, 5) is 32.7. The molecular weight excluding hydrogens is 415 g/mol. The number of carbonyl (C=O) groups excluding carboxylic acids is 2. The van der Waals surface area contributed by atoms with E-state index >= 15 is 0 Å². The molecule has 0 aromatic carbocycles. The highest BCUT2D eigenvalue weighted by Gasteiger charge is 2.27. The van der Waals surface area contributed by atoms with E-state index in [1.54, 1.807) is 19.1 Å². The van der Waals surface area contributed by atoms with Crippen LogP contribution in [-0.4, -0.2) is 45.1 Å². The molecule has 0 atom stereocenters. The zero-order valence-electron chi connectivity index (χ0n) is 17.4. The van der Waals surface area contributed by atoms with Gasteiger partial charge < -0.3 is 15.2 Å². The summed E-state index contributed by atoms with van der Waals surface area (Å²) in [6.07, 6.45) is -4.07. The van der Waals surface area contributed by atoms with E-state index in [2.05, 4.69) is 15.3 Å². The molecule has 0 saturated carbocycles. The Hall–Kier alpha value is -3.01. The van der Waals surface area contributed by atoms with Crippen LogP contribution in [0, 0.1) is 6.92 Å². The molecule has 0 aliphatic carbocycles. The number of halogens is 3. The standard InChI is InChI=1S/C21H24F3N3O4/c1-13-8-15(9-16(27-13)10-17(28)20(2,3)30)19(29)26-12-14-4-5-18(25-11-14)31-7-6-21(22,23)24/h4-5,8-9,11,30H,6-7,10,12H2,1-3H3,(H,26,29). The highest BCUT2D eigenvalue weighted by atomic mass is 19.4. The molecule has 2 aromatic rings. The number of amides is 1. The Balaban J connectivity index is 1.94. The number of aromatic nitrogens is 2. The van der Waals surface area contributed by atoms with E-state index in [0.29, 0.717) is 22.5 Å². The lowest BCUT2D eigenvalue weighted by Gasteiger charge is -2.15. The van der Waals surface area contributed by atoms with Gasteiger partial charge in [-0.2, -0.15) is 13.2 Å². The predicted octanol–water partition coefficient (Wildman–Crippen LogP) is 2.93. The molecule has 2 N–H and O–H groups in total. The number of nitrogens with zero attached hydrogens (tertiary/aromatic N) is 2. The van der Waals surface area contributed by atoms with Crippen molar-refractivity contribution in [2.45, 2.75) is 51.9 Å². The maximum atomic E-state index is 12.5. The number of ether oxygens (including phenoxy) is 1. The number of hydrogen-bond acceptors (Lipinski definition) is 6. The molecule has 0 saturated heterocycles. The van der Waals surface area contributed by atoms with Crippen LogP contribution in [-0.2, 0) is 17.8 Å². The minimum atomic E-state index is -4.29. The lowest BCUT2D eigenvalue weighted by molar-refractivity contribution is -0.139. The molecular formula is C21H24F3N3O4. The third-order valence-electron chi connectivity index (χ3n) is 4.18. The number of pyridine rings is 2. The van der Waals surface area contributed by atoms with Crippen molar-refractivity contribution in [3.63, 3.8) is 0 Å². The summed E-state index contributed by atoms with van der Waals surface area (Å²) in [6.45, 7) is 4.08. The zero-order valence-corrected chi connectivity index (χ0v) is 17.4. The van der Waals surface area contributed by atoms with Gasteiger partial charge in [0, 0.05) is 35.8 Å². The lowest BCUT2D eigenvalue weighted by atomic mass is 9.98. The van der Waals surface area contributed by atoms with Gasteiger partial charge in [-0.25, -0.2) is 4.98 Å². The van der Waals surface area contributed by atoms with Gasteiger partial charge in [0.1, 0.15) is 5.60 Å². The summed E-state index contributed by atoms with van der Waals surface area (Å²) in [5.41, 5.74) is 0.363. The van der Waals surface area contributed by atoms with Crippen LogP contribution < -0.4 is 10.1 Å². The third-order valence-corrected chi connectivity index (χ3v) is 4.18. The fourth-order valence-electron chi connectivity index (χ4n) is 2.50. The number of aryl methyl sites for hydroxylation is 1. The molecule has 0 unspecified atom stereocenters. The average molecular weight is 439 g/mol. The molecule has 10 heteroatoms. The van der Waals surface area contributed by atoms with Gasteiger partial charge in [-0.3, -0.25) is 14.6 Å². The van der Waals surface area contributed by atoms with E-state index < -0.39 is 36.5 Å². The predicted molar refractivity (Wildman–Crippen MR) is 106 cm³/mol. The Labute approximate surface area is 177 Å². The second-order valence-corrected chi connectivity index (χ2v) is 7.55. The average Bonchev–Trinajstić information content (AvgIpc) is 2.65. The van der Waals surface area contributed by atoms with Crippen molar-refractivity contribution in [2.24, 2.45) is 0 Å². The molecule has 0 aliphatic rings. The number of nitrogens with one attached hydrogen (secondary N) is 1. The van der Waals surface area contributed by atoms with E-state index in [0.717, 1.165) is 0 Å². The number of Topliss-reactive ketones (excluding diaryl/α,β-unsaturated/α-hetero) is 1. The first-order chi connectivity index (χ1) is 14.3. The summed E-state index contributed by atoms with van der Waals surface area (Å²) in [7, 11) is 0. The fraction of sp³-hybridized carbons (Fsp3) is 0.429. The Morgan fingerprint density at radius 2 is 1.90 bits per heavy atom. The quantitative estimate of drug-likeness (QED) is 0.623. The van der Waals surface area contributed by atoms with Crippen molar-refractivity contribution in [1.29, 1.82) is 0 Å². The molecule has 0 aliphatic heterocycles. The second-order valence-electron chi connectivity index (χ2n) is 7.55. The van der Waals surface area contributed by atoms with Crippen molar-refractivity contribution in [3.05, 3.63) is 53.0 Å². The van der Waals surface area contributed by atoms with Crippen LogP contribution in [0.25, 0.3) is 0 Å². The SMILES string of the molecule is Cc1cc(C(=O)NCc2ccc(OCCC(F)(F)F)nc2)cc(CC(=O)C(C)(C)O)n1. The molecule has 0 bridgehead atoms. The summed E-state index contributed by atoms with van der Waals surface area (Å²) in [6, 6.07) is 6.07. The monoisotopic (exact) mass is 439 g/mol. The normalized spacial score (nSPS) is 11.8. The van der Waals surface area contributed by atoms with Gasteiger partial charge in [-0.15, -0.1) is 0 Å². The molecule has 31 heavy (non-hydrogen) atoms. The minimum Gasteiger partial charge on any atom is -0.477 e. The summed E-state index contributed by atoms with van der Waals surface area (Å²) >= 11 is 0. The van der Waals surface area contributed by atoms with Crippen LogP contribution in [0.3, 0.4) is 0 Å². The van der Waals surface area contributed by atoms with Crippen molar-refractivity contribution in [2.75, 3.05) is 6.61 Å². The van der Waals surface area contributed by atoms with Crippen LogP contribution in [0.4, 0.5) is 13.2 Å². The second kappa shape index (κ2) is 9.86. The summed E-state index contributed by atoms with van der Waals surface area (Å²) < 4.78 is 41.3. The molecule has 168 valence electrons. The first-order valence-corrected chi connectivity index (χ1v) is 9.49. The van der Waals surface area contributed by atoms with Crippen LogP contribution >= 0.6 is 0 Å². The topological polar surface area (TPSA) is 101 Å². The molecule has 2 heterocycles. The number of rotatable bonds is 9. The molecule has 2 aromatic heterocycles. The van der Waals surface area contributed by atoms with E-state index in [1.807, 2.05) is 0 Å². The minimum absolute atomic E-state index is 0.0604. The van der Waals surface area contributed by atoms with Gasteiger partial charge in [0.2, 0.25) is 5.88 Å². The van der Waals surface area contributed by atoms with E-state index in [-0.39, 0.29) is 18.8 Å². The highest BCUT2D eigenvalue weighted by Crippen LogP contribution is 2.20. The zero-order chi connectivity index (χ0) is 23.2. The Bertz CT molecular complexity index is 923. The Kier molecular flexibility index (Phi) is 7.72. The van der Waals surface area contributed by atoms with Crippen LogP contribution in [0.5, 0.6) is 5.88 Å². The molecule has 0 spiro atoms. The van der Waals surface area contributed by atoms with Gasteiger partial charge in [0.25, 0.3) is 5.91 Å². The highest BCUT2D eigenvalue weighted by molar-refractivity contribution is 5.95. The van der Waals surface area contributed by atoms with Gasteiger partial charge >= 0.3 is 6.18 Å².